The highest BCUT2D eigenvalue weighted by atomic mass is 35.5. The number of nitrogens with zero attached hydrogens (tertiary/aromatic N) is 1. The summed E-state index contributed by atoms with van der Waals surface area (Å²) in [4.78, 5) is 26.5. The Morgan fingerprint density at radius 2 is 1.63 bits per heavy atom. The fourth-order valence-corrected chi connectivity index (χ4v) is 2.65. The number of amides is 2. The van der Waals surface area contributed by atoms with Gasteiger partial charge in [0.2, 0.25) is 0 Å². The van der Waals surface area contributed by atoms with Gasteiger partial charge in [-0.1, -0.05) is 47.5 Å². The van der Waals surface area contributed by atoms with Gasteiger partial charge < -0.3 is 15.5 Å². The van der Waals surface area contributed by atoms with Crippen molar-refractivity contribution in [3.8, 4) is 0 Å². The van der Waals surface area contributed by atoms with Crippen LogP contribution in [0.5, 0.6) is 0 Å². The van der Waals surface area contributed by atoms with Crippen molar-refractivity contribution in [2.75, 3.05) is 18.1 Å². The van der Waals surface area contributed by atoms with Gasteiger partial charge in [0.25, 0.3) is 0 Å². The number of aliphatic hydroxyl groups is 2. The lowest BCUT2D eigenvalue weighted by atomic mass is 10.1. The van der Waals surface area contributed by atoms with Gasteiger partial charge in [-0.05, 0) is 36.8 Å². The molecular formula is C19H20Cl2N2O4. The molecule has 0 bridgehead atoms. The van der Waals surface area contributed by atoms with Crippen LogP contribution >= 0.6 is 23.2 Å². The summed E-state index contributed by atoms with van der Waals surface area (Å²) in [6.45, 7) is 0.469. The molecular weight excluding hydrogens is 391 g/mol. The zero-order valence-corrected chi connectivity index (χ0v) is 16.2. The highest BCUT2D eigenvalue weighted by molar-refractivity contribution is 6.42. The van der Waals surface area contributed by atoms with Crippen LogP contribution in [0, 0.1) is 0 Å². The first kappa shape index (κ1) is 21.2. The normalized spacial score (nSPS) is 11.1. The van der Waals surface area contributed by atoms with Crippen LogP contribution in [0.3, 0.4) is 0 Å². The van der Waals surface area contributed by atoms with Gasteiger partial charge in [0.1, 0.15) is 0 Å². The first-order valence-corrected chi connectivity index (χ1v) is 8.90. The molecule has 144 valence electrons. The predicted molar refractivity (Wildman–Crippen MR) is 105 cm³/mol. The van der Waals surface area contributed by atoms with Gasteiger partial charge >= 0.3 is 11.8 Å². The zero-order valence-electron chi connectivity index (χ0n) is 14.7. The molecule has 0 aromatic heterocycles. The van der Waals surface area contributed by atoms with Crippen molar-refractivity contribution in [2.24, 2.45) is 0 Å². The third-order valence-electron chi connectivity index (χ3n) is 3.95. The molecule has 2 aromatic rings. The molecule has 2 aromatic carbocycles. The van der Waals surface area contributed by atoms with Crippen molar-refractivity contribution < 1.29 is 19.8 Å². The lowest BCUT2D eigenvalue weighted by Crippen LogP contribution is -2.56. The fraction of sp³-hybridized carbons (Fsp3) is 0.263. The summed E-state index contributed by atoms with van der Waals surface area (Å²) in [7, 11) is 0. The van der Waals surface area contributed by atoms with Crippen LogP contribution in [0.25, 0.3) is 0 Å². The first-order valence-electron chi connectivity index (χ1n) is 8.14. The Balaban J connectivity index is 2.34. The number of hydrogen-bond donors (Lipinski definition) is 3. The number of benzene rings is 2. The van der Waals surface area contributed by atoms with Gasteiger partial charge in [-0.2, -0.15) is 0 Å². The predicted octanol–water partition coefficient (Wildman–Crippen LogP) is 2.39. The molecule has 0 aliphatic heterocycles. The van der Waals surface area contributed by atoms with E-state index in [-0.39, 0.29) is 6.54 Å². The molecule has 0 saturated carbocycles. The summed E-state index contributed by atoms with van der Waals surface area (Å²) in [5.41, 5.74) is -0.212. The fourth-order valence-electron chi connectivity index (χ4n) is 2.29. The molecule has 0 heterocycles. The second-order valence-corrected chi connectivity index (χ2v) is 7.14. The Kier molecular flexibility index (Phi) is 7.21. The smallest absolute Gasteiger partial charge is 0.316 e. The minimum absolute atomic E-state index is 0.0854. The summed E-state index contributed by atoms with van der Waals surface area (Å²) in [5.74, 6) is -1.83. The van der Waals surface area contributed by atoms with Crippen molar-refractivity contribution in [1.82, 2.24) is 5.32 Å². The summed E-state index contributed by atoms with van der Waals surface area (Å²) in [6, 6.07) is 13.5. The van der Waals surface area contributed by atoms with Gasteiger partial charge in [0, 0.05) is 5.02 Å². The number of hydrogen-bond acceptors (Lipinski definition) is 4. The molecule has 8 heteroatoms. The van der Waals surface area contributed by atoms with Gasteiger partial charge in [-0.25, -0.2) is 0 Å². The molecule has 2 rings (SSSR count). The number of rotatable bonds is 6. The third-order valence-corrected chi connectivity index (χ3v) is 4.52. The standard InChI is InChI=1S/C19H20Cl2N2O4/c1-19(11-24,12-25)22-17(26)18(27)23(16-5-3-2-4-15(16)21)10-13-6-8-14(20)9-7-13/h2-9,24-25H,10-12H2,1H3,(H,22,26). The number of aliphatic hydroxyl groups excluding tert-OH is 2. The molecule has 3 N–H and O–H groups in total. The molecule has 0 fully saturated rings. The Hall–Kier alpha value is -2.12. The largest absolute Gasteiger partial charge is 0.394 e. The number of anilines is 1. The highest BCUT2D eigenvalue weighted by Crippen LogP contribution is 2.27. The maximum absolute atomic E-state index is 12.8. The summed E-state index contributed by atoms with van der Waals surface area (Å²) < 4.78 is 0. The van der Waals surface area contributed by atoms with E-state index in [0.29, 0.717) is 15.7 Å². The quantitative estimate of drug-likeness (QED) is 0.637. The van der Waals surface area contributed by atoms with E-state index in [4.69, 9.17) is 23.2 Å². The van der Waals surface area contributed by atoms with Crippen molar-refractivity contribution in [3.63, 3.8) is 0 Å². The number of carbonyl (C=O) groups is 2. The average Bonchev–Trinajstić information content (AvgIpc) is 2.67. The van der Waals surface area contributed by atoms with Crippen molar-refractivity contribution in [3.05, 3.63) is 64.1 Å². The molecule has 0 radical (unpaired) electrons. The Morgan fingerprint density at radius 3 is 2.19 bits per heavy atom. The minimum atomic E-state index is -1.32. The summed E-state index contributed by atoms with van der Waals surface area (Å²) >= 11 is 12.1. The van der Waals surface area contributed by atoms with E-state index in [1.807, 2.05) is 0 Å². The number of carbonyl (C=O) groups excluding carboxylic acids is 2. The minimum Gasteiger partial charge on any atom is -0.394 e. The zero-order chi connectivity index (χ0) is 20.0. The van der Waals surface area contributed by atoms with Gasteiger partial charge in [0.15, 0.2) is 0 Å². The van der Waals surface area contributed by atoms with Crippen LogP contribution in [0.15, 0.2) is 48.5 Å². The molecule has 6 nitrogen and oxygen atoms in total. The van der Waals surface area contributed by atoms with Gasteiger partial charge in [-0.15, -0.1) is 0 Å². The Morgan fingerprint density at radius 1 is 1.04 bits per heavy atom. The molecule has 0 unspecified atom stereocenters. The Labute approximate surface area is 167 Å². The van der Waals surface area contributed by atoms with E-state index in [1.165, 1.54) is 11.8 Å². The molecule has 0 saturated heterocycles. The van der Waals surface area contributed by atoms with E-state index in [2.05, 4.69) is 5.32 Å². The SMILES string of the molecule is CC(CO)(CO)NC(=O)C(=O)N(Cc1ccc(Cl)cc1)c1ccccc1Cl. The topological polar surface area (TPSA) is 89.9 Å². The molecule has 0 aliphatic carbocycles. The van der Waals surface area contributed by atoms with Crippen LogP contribution < -0.4 is 10.2 Å². The van der Waals surface area contributed by atoms with Crippen LogP contribution in [0.2, 0.25) is 10.0 Å². The number of halogens is 2. The summed E-state index contributed by atoms with van der Waals surface area (Å²) in [6.07, 6.45) is 0. The van der Waals surface area contributed by atoms with Crippen LogP contribution in [0.1, 0.15) is 12.5 Å². The monoisotopic (exact) mass is 410 g/mol. The Bertz CT molecular complexity index is 808. The summed E-state index contributed by atoms with van der Waals surface area (Å²) in [5, 5.41) is 21.9. The van der Waals surface area contributed by atoms with Crippen LogP contribution in [-0.2, 0) is 16.1 Å². The van der Waals surface area contributed by atoms with Gasteiger partial charge in [-0.3, -0.25) is 14.5 Å². The third kappa shape index (κ3) is 5.43. The van der Waals surface area contributed by atoms with Crippen LogP contribution in [-0.4, -0.2) is 40.8 Å². The maximum Gasteiger partial charge on any atom is 0.316 e. The van der Waals surface area contributed by atoms with E-state index < -0.39 is 30.6 Å². The molecule has 0 spiro atoms. The molecule has 2 amide bonds. The number of nitrogens with one attached hydrogen (secondary N) is 1. The van der Waals surface area contributed by atoms with E-state index in [1.54, 1.807) is 48.5 Å². The second-order valence-electron chi connectivity index (χ2n) is 6.30. The number of para-hydroxylation sites is 1. The van der Waals surface area contributed by atoms with E-state index in [9.17, 15) is 19.8 Å². The van der Waals surface area contributed by atoms with E-state index in [0.717, 1.165) is 5.56 Å². The molecule has 0 atom stereocenters. The van der Waals surface area contributed by atoms with Gasteiger partial charge in [0.05, 0.1) is 36.0 Å². The van der Waals surface area contributed by atoms with Crippen molar-refractivity contribution in [2.45, 2.75) is 19.0 Å². The second kappa shape index (κ2) is 9.19. The van der Waals surface area contributed by atoms with E-state index >= 15 is 0 Å². The lowest BCUT2D eigenvalue weighted by molar-refractivity contribution is -0.139. The van der Waals surface area contributed by atoms with Crippen molar-refractivity contribution >= 4 is 40.7 Å². The molecule has 27 heavy (non-hydrogen) atoms. The van der Waals surface area contributed by atoms with Crippen molar-refractivity contribution in [1.29, 1.82) is 0 Å². The van der Waals surface area contributed by atoms with Crippen LogP contribution in [0.4, 0.5) is 5.69 Å². The average molecular weight is 411 g/mol. The molecule has 0 aliphatic rings. The lowest BCUT2D eigenvalue weighted by Gasteiger charge is -2.28. The maximum atomic E-state index is 12.8. The highest BCUT2D eigenvalue weighted by Gasteiger charge is 2.31. The first-order chi connectivity index (χ1) is 12.8.